The molecule has 2 unspecified atom stereocenters. The molecule has 1 aromatic rings. The van der Waals surface area contributed by atoms with Crippen LogP contribution < -0.4 is 10.6 Å². The van der Waals surface area contributed by atoms with Crippen LogP contribution in [0.4, 0.5) is 5.69 Å². The van der Waals surface area contributed by atoms with Gasteiger partial charge in [-0.2, -0.15) is 0 Å². The molecule has 1 aliphatic carbocycles. The third-order valence-corrected chi connectivity index (χ3v) is 5.05. The quantitative estimate of drug-likeness (QED) is 0.840. The molecule has 0 heterocycles. The Kier molecular flexibility index (Phi) is 4.85. The van der Waals surface area contributed by atoms with Crippen molar-refractivity contribution < 1.29 is 0 Å². The molecular formula is C15H21BrN2S. The van der Waals surface area contributed by atoms with E-state index in [1.54, 1.807) is 0 Å². The summed E-state index contributed by atoms with van der Waals surface area (Å²) >= 11 is 8.66. The van der Waals surface area contributed by atoms with Gasteiger partial charge in [0.05, 0.1) is 5.69 Å². The third-order valence-electron chi connectivity index (χ3n) is 4.18. The highest BCUT2D eigenvalue weighted by Gasteiger charge is 2.26. The van der Waals surface area contributed by atoms with Crippen molar-refractivity contribution in [1.82, 2.24) is 0 Å². The highest BCUT2D eigenvalue weighted by atomic mass is 79.9. The Morgan fingerprint density at radius 2 is 2.05 bits per heavy atom. The van der Waals surface area contributed by atoms with Crippen LogP contribution in [0.25, 0.3) is 0 Å². The number of nitrogens with two attached hydrogens (primary N) is 1. The Hall–Kier alpha value is -0.610. The van der Waals surface area contributed by atoms with E-state index >= 15 is 0 Å². The molecule has 0 spiro atoms. The van der Waals surface area contributed by atoms with E-state index in [1.165, 1.54) is 31.4 Å². The minimum Gasteiger partial charge on any atom is -0.389 e. The van der Waals surface area contributed by atoms with Crippen molar-refractivity contribution in [3.63, 3.8) is 0 Å². The van der Waals surface area contributed by atoms with E-state index in [4.69, 9.17) is 18.0 Å². The summed E-state index contributed by atoms with van der Waals surface area (Å²) in [6.07, 6.45) is 5.31. The number of rotatable bonds is 3. The van der Waals surface area contributed by atoms with E-state index in [0.29, 0.717) is 11.0 Å². The summed E-state index contributed by atoms with van der Waals surface area (Å²) in [6, 6.07) is 6.76. The fraction of sp³-hybridized carbons (Fsp3) is 0.533. The second kappa shape index (κ2) is 6.23. The van der Waals surface area contributed by atoms with Gasteiger partial charge in [-0.1, -0.05) is 32.0 Å². The van der Waals surface area contributed by atoms with E-state index < -0.39 is 0 Å². The van der Waals surface area contributed by atoms with Gasteiger partial charge in [0, 0.05) is 23.1 Å². The predicted octanol–water partition coefficient (Wildman–Crippen LogP) is 4.10. The van der Waals surface area contributed by atoms with Crippen LogP contribution in [0.3, 0.4) is 0 Å². The highest BCUT2D eigenvalue weighted by Crippen LogP contribution is 2.34. The zero-order chi connectivity index (χ0) is 14.0. The minimum atomic E-state index is 0.445. The molecule has 2 atom stereocenters. The molecular weight excluding hydrogens is 320 g/mol. The summed E-state index contributed by atoms with van der Waals surface area (Å²) in [6.45, 7) is 2.36. The number of hydrogen-bond acceptors (Lipinski definition) is 2. The van der Waals surface area contributed by atoms with Gasteiger partial charge >= 0.3 is 0 Å². The van der Waals surface area contributed by atoms with Crippen LogP contribution in [0.1, 0.15) is 38.2 Å². The number of benzene rings is 1. The molecule has 0 amide bonds. The first-order valence-corrected chi connectivity index (χ1v) is 8.03. The Morgan fingerprint density at radius 1 is 1.37 bits per heavy atom. The standard InChI is InChI=1S/C15H21BrN2S/c1-10-5-3-4-6-13(10)18(2)14-8-7-11(15(17)19)9-12(14)16/h7-10,13H,3-6H2,1-2H3,(H2,17,19). The van der Waals surface area contributed by atoms with Crippen molar-refractivity contribution in [2.45, 2.75) is 38.6 Å². The SMILES string of the molecule is CC1CCCCC1N(C)c1ccc(C(N)=S)cc1Br. The molecule has 1 fully saturated rings. The van der Waals surface area contributed by atoms with Crippen LogP contribution in [0.15, 0.2) is 22.7 Å². The molecule has 2 rings (SSSR count). The Balaban J connectivity index is 2.23. The second-order valence-electron chi connectivity index (χ2n) is 5.47. The molecule has 0 aromatic heterocycles. The molecule has 1 aliphatic rings. The molecule has 0 saturated heterocycles. The predicted molar refractivity (Wildman–Crippen MR) is 89.9 cm³/mol. The van der Waals surface area contributed by atoms with Crippen LogP contribution in [-0.2, 0) is 0 Å². The summed E-state index contributed by atoms with van der Waals surface area (Å²) in [4.78, 5) is 2.85. The van der Waals surface area contributed by atoms with Crippen molar-refractivity contribution in [3.05, 3.63) is 28.2 Å². The van der Waals surface area contributed by atoms with E-state index in [-0.39, 0.29) is 0 Å². The number of nitrogens with zero attached hydrogens (tertiary/aromatic N) is 1. The fourth-order valence-electron chi connectivity index (χ4n) is 3.00. The first-order valence-electron chi connectivity index (χ1n) is 6.83. The fourth-order valence-corrected chi connectivity index (χ4v) is 3.78. The van der Waals surface area contributed by atoms with Crippen LogP contribution in [0.2, 0.25) is 0 Å². The van der Waals surface area contributed by atoms with Gasteiger partial charge in [-0.3, -0.25) is 0 Å². The lowest BCUT2D eigenvalue weighted by molar-refractivity contribution is 0.321. The maximum atomic E-state index is 5.67. The van der Waals surface area contributed by atoms with Crippen molar-refractivity contribution in [3.8, 4) is 0 Å². The van der Waals surface area contributed by atoms with E-state index in [9.17, 15) is 0 Å². The Labute approximate surface area is 129 Å². The summed E-state index contributed by atoms with van der Waals surface area (Å²) in [5.74, 6) is 0.751. The molecule has 1 saturated carbocycles. The lowest BCUT2D eigenvalue weighted by Crippen LogP contribution is -2.39. The summed E-state index contributed by atoms with van der Waals surface area (Å²) < 4.78 is 1.07. The topological polar surface area (TPSA) is 29.3 Å². The van der Waals surface area contributed by atoms with Crippen molar-refractivity contribution in [1.29, 1.82) is 0 Å². The average molecular weight is 341 g/mol. The van der Waals surface area contributed by atoms with Gasteiger partial charge in [0.25, 0.3) is 0 Å². The largest absolute Gasteiger partial charge is 0.389 e. The molecule has 19 heavy (non-hydrogen) atoms. The summed E-state index contributed by atoms with van der Waals surface area (Å²) in [5.41, 5.74) is 7.80. The van der Waals surface area contributed by atoms with Crippen molar-refractivity contribution in [2.75, 3.05) is 11.9 Å². The number of anilines is 1. The molecule has 0 bridgehead atoms. The van der Waals surface area contributed by atoms with Crippen molar-refractivity contribution >= 4 is 38.8 Å². The van der Waals surface area contributed by atoms with Gasteiger partial charge in [0.15, 0.2) is 0 Å². The van der Waals surface area contributed by atoms with E-state index in [0.717, 1.165) is 16.0 Å². The van der Waals surface area contributed by atoms with Crippen LogP contribution in [-0.4, -0.2) is 18.1 Å². The number of hydrogen-bond donors (Lipinski definition) is 1. The zero-order valence-electron chi connectivity index (χ0n) is 11.5. The lowest BCUT2D eigenvalue weighted by atomic mass is 9.85. The minimum absolute atomic E-state index is 0.445. The smallest absolute Gasteiger partial charge is 0.104 e. The Bertz CT molecular complexity index is 475. The molecule has 4 heteroatoms. The van der Waals surface area contributed by atoms with Gasteiger partial charge in [-0.25, -0.2) is 0 Å². The maximum Gasteiger partial charge on any atom is 0.104 e. The second-order valence-corrected chi connectivity index (χ2v) is 6.76. The lowest BCUT2D eigenvalue weighted by Gasteiger charge is -2.38. The van der Waals surface area contributed by atoms with E-state index in [2.05, 4.69) is 40.9 Å². The van der Waals surface area contributed by atoms with E-state index in [1.807, 2.05) is 12.1 Å². The van der Waals surface area contributed by atoms with Crippen LogP contribution >= 0.6 is 28.1 Å². The molecule has 2 nitrogen and oxygen atoms in total. The van der Waals surface area contributed by atoms with Gasteiger partial charge in [0.2, 0.25) is 0 Å². The first kappa shape index (κ1) is 14.8. The van der Waals surface area contributed by atoms with Gasteiger partial charge in [0.1, 0.15) is 4.99 Å². The van der Waals surface area contributed by atoms with Gasteiger partial charge in [-0.15, -0.1) is 0 Å². The molecule has 0 aliphatic heterocycles. The number of halogens is 1. The summed E-state index contributed by atoms with van der Waals surface area (Å²) in [7, 11) is 2.19. The molecule has 2 N–H and O–H groups in total. The normalized spacial score (nSPS) is 23.1. The van der Waals surface area contributed by atoms with Crippen LogP contribution in [0.5, 0.6) is 0 Å². The van der Waals surface area contributed by atoms with Gasteiger partial charge in [-0.05, 0) is 52.9 Å². The van der Waals surface area contributed by atoms with Crippen LogP contribution in [0, 0.1) is 5.92 Å². The highest BCUT2D eigenvalue weighted by molar-refractivity contribution is 9.10. The van der Waals surface area contributed by atoms with Gasteiger partial charge < -0.3 is 10.6 Å². The first-order chi connectivity index (χ1) is 9.00. The monoisotopic (exact) mass is 340 g/mol. The third kappa shape index (κ3) is 3.29. The zero-order valence-corrected chi connectivity index (χ0v) is 13.9. The maximum absolute atomic E-state index is 5.67. The average Bonchev–Trinajstić information content (AvgIpc) is 2.38. The molecule has 0 radical (unpaired) electrons. The van der Waals surface area contributed by atoms with Crippen molar-refractivity contribution in [2.24, 2.45) is 11.7 Å². The Morgan fingerprint density at radius 3 is 2.63 bits per heavy atom. The summed E-state index contributed by atoms with van der Waals surface area (Å²) in [5, 5.41) is 0. The number of thiocarbonyl (C=S) groups is 1. The molecule has 104 valence electrons. The molecule has 1 aromatic carbocycles.